The van der Waals surface area contributed by atoms with Crippen molar-refractivity contribution in [1.29, 1.82) is 0 Å². The lowest BCUT2D eigenvalue weighted by atomic mass is 10.1. The Labute approximate surface area is 97.2 Å². The van der Waals surface area contributed by atoms with Crippen LogP contribution in [0.1, 0.15) is 20.3 Å². The van der Waals surface area contributed by atoms with Gasteiger partial charge in [-0.2, -0.15) is 0 Å². The highest BCUT2D eigenvalue weighted by Crippen LogP contribution is 2.34. The molecule has 3 nitrogen and oxygen atoms in total. The first-order chi connectivity index (χ1) is 7.61. The molecule has 2 atom stereocenters. The molecular formula is C13H20N2O. The highest BCUT2D eigenvalue weighted by Gasteiger charge is 2.27. The molecule has 0 amide bonds. The van der Waals surface area contributed by atoms with Gasteiger partial charge in [0.25, 0.3) is 0 Å². The van der Waals surface area contributed by atoms with Gasteiger partial charge in [-0.25, -0.2) is 0 Å². The van der Waals surface area contributed by atoms with Gasteiger partial charge in [-0.1, -0.05) is 6.92 Å². The van der Waals surface area contributed by atoms with Crippen molar-refractivity contribution in [2.45, 2.75) is 26.3 Å². The SMILES string of the molecule is COc1ccc(N)c(N2CC(C)CC2C)c1. The molecule has 0 spiro atoms. The average molecular weight is 220 g/mol. The molecule has 1 aliphatic rings. The van der Waals surface area contributed by atoms with E-state index in [1.165, 1.54) is 6.42 Å². The quantitative estimate of drug-likeness (QED) is 0.778. The monoisotopic (exact) mass is 220 g/mol. The highest BCUT2D eigenvalue weighted by molar-refractivity contribution is 5.70. The Balaban J connectivity index is 2.32. The number of nitrogens with zero attached hydrogens (tertiary/aromatic N) is 1. The first-order valence-electron chi connectivity index (χ1n) is 5.82. The van der Waals surface area contributed by atoms with E-state index in [0.29, 0.717) is 6.04 Å². The van der Waals surface area contributed by atoms with E-state index in [4.69, 9.17) is 10.5 Å². The Morgan fingerprint density at radius 2 is 2.12 bits per heavy atom. The summed E-state index contributed by atoms with van der Waals surface area (Å²) in [5, 5.41) is 0. The zero-order valence-electron chi connectivity index (χ0n) is 10.2. The van der Waals surface area contributed by atoms with Gasteiger partial charge < -0.3 is 15.4 Å². The summed E-state index contributed by atoms with van der Waals surface area (Å²) in [7, 11) is 1.69. The predicted molar refractivity (Wildman–Crippen MR) is 68.0 cm³/mol. The van der Waals surface area contributed by atoms with Crippen LogP contribution < -0.4 is 15.4 Å². The lowest BCUT2D eigenvalue weighted by molar-refractivity contribution is 0.415. The average Bonchev–Trinajstić information content (AvgIpc) is 2.58. The van der Waals surface area contributed by atoms with Crippen LogP contribution in [0.4, 0.5) is 11.4 Å². The molecule has 1 aromatic carbocycles. The summed E-state index contributed by atoms with van der Waals surface area (Å²) in [4.78, 5) is 2.38. The van der Waals surface area contributed by atoms with Gasteiger partial charge in [0, 0.05) is 18.7 Å². The summed E-state index contributed by atoms with van der Waals surface area (Å²) >= 11 is 0. The van der Waals surface area contributed by atoms with Crippen molar-refractivity contribution >= 4 is 11.4 Å². The van der Waals surface area contributed by atoms with E-state index in [-0.39, 0.29) is 0 Å². The topological polar surface area (TPSA) is 38.5 Å². The fraction of sp³-hybridized carbons (Fsp3) is 0.538. The standard InChI is InChI=1S/C13H20N2O/c1-9-6-10(2)15(8-9)13-7-11(16-3)4-5-12(13)14/h4-5,7,9-10H,6,8,14H2,1-3H3. The van der Waals surface area contributed by atoms with E-state index in [2.05, 4.69) is 18.7 Å². The van der Waals surface area contributed by atoms with Crippen LogP contribution in [0.2, 0.25) is 0 Å². The van der Waals surface area contributed by atoms with Crippen LogP contribution in [0.5, 0.6) is 5.75 Å². The number of ether oxygens (including phenoxy) is 1. The van der Waals surface area contributed by atoms with Crippen molar-refractivity contribution in [2.24, 2.45) is 5.92 Å². The minimum atomic E-state index is 0.560. The Morgan fingerprint density at radius 1 is 1.38 bits per heavy atom. The van der Waals surface area contributed by atoms with Crippen molar-refractivity contribution in [3.05, 3.63) is 18.2 Å². The number of methoxy groups -OCH3 is 1. The number of nitrogens with two attached hydrogens (primary N) is 1. The Bertz CT molecular complexity index is 378. The smallest absolute Gasteiger partial charge is 0.121 e. The molecule has 0 aromatic heterocycles. The number of nitrogen functional groups attached to an aromatic ring is 1. The molecule has 2 unspecified atom stereocenters. The van der Waals surface area contributed by atoms with Crippen LogP contribution >= 0.6 is 0 Å². The second-order valence-electron chi connectivity index (χ2n) is 4.77. The minimum absolute atomic E-state index is 0.560. The zero-order valence-corrected chi connectivity index (χ0v) is 10.2. The molecule has 1 aliphatic heterocycles. The molecule has 1 saturated heterocycles. The lowest BCUT2D eigenvalue weighted by Crippen LogP contribution is -2.27. The molecule has 3 heteroatoms. The number of hydrogen-bond donors (Lipinski definition) is 1. The fourth-order valence-electron chi connectivity index (χ4n) is 2.53. The van der Waals surface area contributed by atoms with E-state index < -0.39 is 0 Å². The first kappa shape index (κ1) is 11.1. The number of anilines is 2. The van der Waals surface area contributed by atoms with Gasteiger partial charge >= 0.3 is 0 Å². The third kappa shape index (κ3) is 1.94. The number of rotatable bonds is 2. The van der Waals surface area contributed by atoms with Crippen LogP contribution in [0.15, 0.2) is 18.2 Å². The molecule has 16 heavy (non-hydrogen) atoms. The fourth-order valence-corrected chi connectivity index (χ4v) is 2.53. The second-order valence-corrected chi connectivity index (χ2v) is 4.77. The van der Waals surface area contributed by atoms with Gasteiger partial charge in [0.2, 0.25) is 0 Å². The second kappa shape index (κ2) is 4.24. The third-order valence-corrected chi connectivity index (χ3v) is 3.33. The molecule has 1 heterocycles. The maximum absolute atomic E-state index is 6.03. The summed E-state index contributed by atoms with van der Waals surface area (Å²) in [5.74, 6) is 1.61. The summed E-state index contributed by atoms with van der Waals surface area (Å²) in [6, 6.07) is 6.42. The van der Waals surface area contributed by atoms with Crippen LogP contribution in [-0.4, -0.2) is 19.7 Å². The van der Waals surface area contributed by atoms with Gasteiger partial charge in [-0.15, -0.1) is 0 Å². The predicted octanol–water partition coefficient (Wildman–Crippen LogP) is 2.51. The molecule has 1 fully saturated rings. The molecule has 0 saturated carbocycles. The molecule has 0 radical (unpaired) electrons. The van der Waals surface area contributed by atoms with Gasteiger partial charge in [-0.3, -0.25) is 0 Å². The van der Waals surface area contributed by atoms with Crippen molar-refractivity contribution in [3.8, 4) is 5.75 Å². The Morgan fingerprint density at radius 3 is 2.69 bits per heavy atom. The maximum atomic E-state index is 6.03. The van der Waals surface area contributed by atoms with Crippen molar-refractivity contribution < 1.29 is 4.74 Å². The molecule has 88 valence electrons. The van der Waals surface area contributed by atoms with Crippen molar-refractivity contribution in [2.75, 3.05) is 24.3 Å². The molecule has 2 N–H and O–H groups in total. The van der Waals surface area contributed by atoms with E-state index in [1.807, 2.05) is 18.2 Å². The largest absolute Gasteiger partial charge is 0.497 e. The van der Waals surface area contributed by atoms with Crippen LogP contribution in [0.25, 0.3) is 0 Å². The molecule has 2 rings (SSSR count). The molecule has 0 aliphatic carbocycles. The van der Waals surface area contributed by atoms with Gasteiger partial charge in [-0.05, 0) is 31.4 Å². The van der Waals surface area contributed by atoms with Crippen LogP contribution in [-0.2, 0) is 0 Å². The number of benzene rings is 1. The van der Waals surface area contributed by atoms with Crippen LogP contribution in [0.3, 0.4) is 0 Å². The maximum Gasteiger partial charge on any atom is 0.121 e. The van der Waals surface area contributed by atoms with Gasteiger partial charge in [0.05, 0.1) is 18.5 Å². The van der Waals surface area contributed by atoms with E-state index in [9.17, 15) is 0 Å². The van der Waals surface area contributed by atoms with Crippen LogP contribution in [0, 0.1) is 5.92 Å². The summed E-state index contributed by atoms with van der Waals surface area (Å²) in [6.07, 6.45) is 1.23. The van der Waals surface area contributed by atoms with E-state index >= 15 is 0 Å². The van der Waals surface area contributed by atoms with E-state index in [1.54, 1.807) is 7.11 Å². The van der Waals surface area contributed by atoms with Crippen molar-refractivity contribution in [1.82, 2.24) is 0 Å². The van der Waals surface area contributed by atoms with Gasteiger partial charge in [0.15, 0.2) is 0 Å². The summed E-state index contributed by atoms with van der Waals surface area (Å²) in [5.41, 5.74) is 7.98. The molecule has 1 aromatic rings. The Hall–Kier alpha value is -1.38. The first-order valence-corrected chi connectivity index (χ1v) is 5.82. The van der Waals surface area contributed by atoms with Gasteiger partial charge in [0.1, 0.15) is 5.75 Å². The number of hydrogen-bond acceptors (Lipinski definition) is 3. The lowest BCUT2D eigenvalue weighted by Gasteiger charge is -2.25. The molecule has 0 bridgehead atoms. The minimum Gasteiger partial charge on any atom is -0.497 e. The highest BCUT2D eigenvalue weighted by atomic mass is 16.5. The normalized spacial score (nSPS) is 24.8. The van der Waals surface area contributed by atoms with E-state index in [0.717, 1.165) is 29.6 Å². The van der Waals surface area contributed by atoms with Crippen molar-refractivity contribution in [3.63, 3.8) is 0 Å². The third-order valence-electron chi connectivity index (χ3n) is 3.33. The Kier molecular flexibility index (Phi) is 2.95. The zero-order chi connectivity index (χ0) is 11.7. The summed E-state index contributed by atoms with van der Waals surface area (Å²) in [6.45, 7) is 5.62. The summed E-state index contributed by atoms with van der Waals surface area (Å²) < 4.78 is 5.25. The molecular weight excluding hydrogens is 200 g/mol.